The van der Waals surface area contributed by atoms with Gasteiger partial charge in [0.25, 0.3) is 0 Å². The lowest BCUT2D eigenvalue weighted by Gasteiger charge is -1.99. The largest absolute Gasteiger partial charge is 1.00 e. The molecule has 1 aromatic heterocycles. The van der Waals surface area contributed by atoms with Crippen LogP contribution in [0.1, 0.15) is 22.5 Å². The summed E-state index contributed by atoms with van der Waals surface area (Å²) in [7, 11) is 0. The fourth-order valence-electron chi connectivity index (χ4n) is 2.64. The Morgan fingerprint density at radius 1 is 0.818 bits per heavy atom. The number of halogens is 1. The fourth-order valence-corrected chi connectivity index (χ4v) is 2.64. The molecule has 114 valence electrons. The first kappa shape index (κ1) is 16.3. The predicted octanol–water partition coefficient (Wildman–Crippen LogP) is 0.493. The quantitative estimate of drug-likeness (QED) is 0.620. The van der Waals surface area contributed by atoms with E-state index in [1.54, 1.807) is 0 Å². The van der Waals surface area contributed by atoms with Crippen molar-refractivity contribution in [3.63, 3.8) is 0 Å². The molecule has 0 amide bonds. The van der Waals surface area contributed by atoms with E-state index in [0.29, 0.717) is 0 Å². The monoisotopic (exact) mass is 312 g/mol. The van der Waals surface area contributed by atoms with Crippen LogP contribution in [-0.4, -0.2) is 4.57 Å². The van der Waals surface area contributed by atoms with Crippen molar-refractivity contribution in [3.05, 3.63) is 89.5 Å². The van der Waals surface area contributed by atoms with Crippen LogP contribution >= 0.6 is 0 Å². The standard InChI is InChI=1S/C19H21N2.ClH/c1-16-17(2)21(14-19-11-7-4-8-12-19)15-20(16)13-18-9-5-3-6-10-18;/h3-12,15H,13-14H2,1-2H3;1H/q+1;/p-1. The number of imidazole rings is 1. The van der Waals surface area contributed by atoms with E-state index in [2.05, 4.69) is 90.0 Å². The van der Waals surface area contributed by atoms with E-state index in [-0.39, 0.29) is 12.4 Å². The zero-order chi connectivity index (χ0) is 14.7. The van der Waals surface area contributed by atoms with Crippen molar-refractivity contribution in [1.82, 2.24) is 4.57 Å². The predicted molar refractivity (Wildman–Crippen MR) is 85.2 cm³/mol. The SMILES string of the molecule is Cc1c(C)[n+](Cc2ccccc2)cn1Cc1ccccc1.[Cl-]. The van der Waals surface area contributed by atoms with Crippen molar-refractivity contribution in [2.75, 3.05) is 0 Å². The Kier molecular flexibility index (Phi) is 5.40. The van der Waals surface area contributed by atoms with Gasteiger partial charge in [-0.15, -0.1) is 0 Å². The molecule has 0 aliphatic rings. The van der Waals surface area contributed by atoms with Gasteiger partial charge in [0, 0.05) is 13.8 Å². The Bertz CT molecular complexity index is 656. The van der Waals surface area contributed by atoms with Crippen LogP contribution in [0, 0.1) is 13.8 Å². The van der Waals surface area contributed by atoms with Gasteiger partial charge in [-0.2, -0.15) is 0 Å². The summed E-state index contributed by atoms with van der Waals surface area (Å²) in [5.74, 6) is 0. The minimum atomic E-state index is 0. The molecule has 0 spiro atoms. The molecule has 0 saturated heterocycles. The topological polar surface area (TPSA) is 8.81 Å². The minimum absolute atomic E-state index is 0. The summed E-state index contributed by atoms with van der Waals surface area (Å²) in [5.41, 5.74) is 5.33. The summed E-state index contributed by atoms with van der Waals surface area (Å²) in [4.78, 5) is 0. The molecule has 1 heterocycles. The van der Waals surface area contributed by atoms with Crippen molar-refractivity contribution in [2.24, 2.45) is 0 Å². The highest BCUT2D eigenvalue weighted by molar-refractivity contribution is 5.17. The molecule has 3 heteroatoms. The Morgan fingerprint density at radius 3 is 1.95 bits per heavy atom. The van der Waals surface area contributed by atoms with Gasteiger partial charge in [-0.25, -0.2) is 9.13 Å². The summed E-state index contributed by atoms with van der Waals surface area (Å²) in [6.07, 6.45) is 2.23. The number of rotatable bonds is 4. The number of hydrogen-bond donors (Lipinski definition) is 0. The Labute approximate surface area is 138 Å². The first-order valence-electron chi connectivity index (χ1n) is 7.37. The number of benzene rings is 2. The first-order chi connectivity index (χ1) is 10.2. The summed E-state index contributed by atoms with van der Waals surface area (Å²) in [6, 6.07) is 21.2. The van der Waals surface area contributed by atoms with Gasteiger partial charge in [-0.3, -0.25) is 0 Å². The Morgan fingerprint density at radius 2 is 1.36 bits per heavy atom. The van der Waals surface area contributed by atoms with E-state index in [9.17, 15) is 0 Å². The summed E-state index contributed by atoms with van der Waals surface area (Å²) in [6.45, 7) is 6.24. The molecule has 0 aliphatic heterocycles. The van der Waals surface area contributed by atoms with Gasteiger partial charge >= 0.3 is 0 Å². The first-order valence-corrected chi connectivity index (χ1v) is 7.37. The molecule has 2 aromatic carbocycles. The van der Waals surface area contributed by atoms with Gasteiger partial charge in [-0.1, -0.05) is 60.7 Å². The van der Waals surface area contributed by atoms with Crippen LogP contribution < -0.4 is 17.0 Å². The lowest BCUT2D eigenvalue weighted by Crippen LogP contribution is -3.00. The van der Waals surface area contributed by atoms with E-state index in [1.165, 1.54) is 22.5 Å². The minimum Gasteiger partial charge on any atom is -1.00 e. The molecule has 0 atom stereocenters. The smallest absolute Gasteiger partial charge is 0.244 e. The van der Waals surface area contributed by atoms with Gasteiger partial charge in [0.05, 0.1) is 0 Å². The summed E-state index contributed by atoms with van der Waals surface area (Å²) >= 11 is 0. The van der Waals surface area contributed by atoms with Crippen LogP contribution in [-0.2, 0) is 13.1 Å². The van der Waals surface area contributed by atoms with Crippen LogP contribution in [0.3, 0.4) is 0 Å². The second-order valence-corrected chi connectivity index (χ2v) is 5.51. The molecular weight excluding hydrogens is 292 g/mol. The lowest BCUT2D eigenvalue weighted by molar-refractivity contribution is -0.693. The van der Waals surface area contributed by atoms with Gasteiger partial charge in [0.2, 0.25) is 6.33 Å². The summed E-state index contributed by atoms with van der Waals surface area (Å²) in [5, 5.41) is 0. The highest BCUT2D eigenvalue weighted by atomic mass is 35.5. The molecule has 0 aliphatic carbocycles. The van der Waals surface area contributed by atoms with Crippen molar-refractivity contribution in [3.8, 4) is 0 Å². The molecule has 0 saturated carbocycles. The number of hydrogen-bond acceptors (Lipinski definition) is 0. The molecule has 2 nitrogen and oxygen atoms in total. The molecule has 22 heavy (non-hydrogen) atoms. The van der Waals surface area contributed by atoms with E-state index < -0.39 is 0 Å². The lowest BCUT2D eigenvalue weighted by atomic mass is 10.2. The van der Waals surface area contributed by atoms with Gasteiger partial charge in [0.15, 0.2) is 0 Å². The number of aromatic nitrogens is 2. The molecule has 0 N–H and O–H groups in total. The maximum atomic E-state index is 2.33. The second kappa shape index (κ2) is 7.28. The van der Waals surface area contributed by atoms with Crippen LogP contribution in [0.2, 0.25) is 0 Å². The van der Waals surface area contributed by atoms with E-state index in [4.69, 9.17) is 0 Å². The number of nitrogens with zero attached hydrogens (tertiary/aromatic N) is 2. The maximum Gasteiger partial charge on any atom is 0.244 e. The molecule has 0 bridgehead atoms. The fraction of sp³-hybridized carbons (Fsp3) is 0.211. The third-order valence-electron chi connectivity index (χ3n) is 4.06. The van der Waals surface area contributed by atoms with Crippen molar-refractivity contribution in [2.45, 2.75) is 26.9 Å². The normalized spacial score (nSPS) is 10.3. The summed E-state index contributed by atoms with van der Waals surface area (Å²) < 4.78 is 4.65. The maximum absolute atomic E-state index is 2.33. The zero-order valence-corrected chi connectivity index (χ0v) is 13.8. The van der Waals surface area contributed by atoms with Crippen LogP contribution in [0.5, 0.6) is 0 Å². The molecule has 0 fully saturated rings. The molecule has 3 aromatic rings. The molecular formula is C19H21ClN2. The van der Waals surface area contributed by atoms with Crippen molar-refractivity contribution in [1.29, 1.82) is 0 Å². The van der Waals surface area contributed by atoms with E-state index >= 15 is 0 Å². The van der Waals surface area contributed by atoms with Gasteiger partial charge in [-0.05, 0) is 11.1 Å². The van der Waals surface area contributed by atoms with Crippen LogP contribution in [0.15, 0.2) is 67.0 Å². The highest BCUT2D eigenvalue weighted by Gasteiger charge is 2.16. The van der Waals surface area contributed by atoms with Gasteiger partial charge < -0.3 is 12.4 Å². The highest BCUT2D eigenvalue weighted by Crippen LogP contribution is 2.09. The van der Waals surface area contributed by atoms with Crippen LogP contribution in [0.25, 0.3) is 0 Å². The van der Waals surface area contributed by atoms with Crippen molar-refractivity contribution >= 4 is 0 Å². The molecule has 0 unspecified atom stereocenters. The van der Waals surface area contributed by atoms with Crippen LogP contribution in [0.4, 0.5) is 0 Å². The molecule has 0 radical (unpaired) electrons. The second-order valence-electron chi connectivity index (χ2n) is 5.51. The third kappa shape index (κ3) is 3.58. The zero-order valence-electron chi connectivity index (χ0n) is 13.0. The Hall–Kier alpha value is -2.06. The average molecular weight is 313 g/mol. The third-order valence-corrected chi connectivity index (χ3v) is 4.06. The Balaban J connectivity index is 0.00000176. The van der Waals surface area contributed by atoms with E-state index in [1.807, 2.05) is 0 Å². The van der Waals surface area contributed by atoms with E-state index in [0.717, 1.165) is 13.1 Å². The average Bonchev–Trinajstić information content (AvgIpc) is 2.78. The van der Waals surface area contributed by atoms with Crippen molar-refractivity contribution < 1.29 is 17.0 Å². The van der Waals surface area contributed by atoms with Gasteiger partial charge in [0.1, 0.15) is 24.5 Å². The molecule has 3 rings (SSSR count).